The van der Waals surface area contributed by atoms with E-state index in [0.717, 1.165) is 4.90 Å². The summed E-state index contributed by atoms with van der Waals surface area (Å²) >= 11 is 0. The van der Waals surface area contributed by atoms with Crippen LogP contribution in [-0.4, -0.2) is 54.3 Å². The van der Waals surface area contributed by atoms with Crippen LogP contribution in [0.25, 0.3) is 0 Å². The molecule has 2 aromatic rings. The van der Waals surface area contributed by atoms with Crippen molar-refractivity contribution in [1.29, 1.82) is 0 Å². The summed E-state index contributed by atoms with van der Waals surface area (Å²) in [5.41, 5.74) is 1.15. The predicted octanol–water partition coefficient (Wildman–Crippen LogP) is 3.58. The molecule has 0 N–H and O–H groups in total. The molecule has 0 bridgehead atoms. The van der Waals surface area contributed by atoms with Gasteiger partial charge in [-0.05, 0) is 35.7 Å². The number of methoxy groups -OCH3 is 1. The topological polar surface area (TPSA) is 76.2 Å². The van der Waals surface area contributed by atoms with E-state index in [0.29, 0.717) is 5.56 Å². The van der Waals surface area contributed by atoms with E-state index in [-0.39, 0.29) is 35.1 Å². The fraction of sp³-hybridized carbons (Fsp3) is 0.348. The van der Waals surface area contributed by atoms with Crippen molar-refractivity contribution in [3.63, 3.8) is 0 Å². The van der Waals surface area contributed by atoms with Gasteiger partial charge in [0.2, 0.25) is 5.91 Å². The van der Waals surface area contributed by atoms with Crippen LogP contribution in [0.1, 0.15) is 40.1 Å². The summed E-state index contributed by atoms with van der Waals surface area (Å²) in [4.78, 5) is 41.5. The standard InChI is InChI=1S/C23H24F2N2O5/c1-13(2)19(27-20(28)15-7-5-6-8-16(15)21(27)29)22(30)26(3)12-14-9-10-17(32-23(24)25)18(11-14)31-4/h5-11,13,19,23H,12H2,1-4H3. The van der Waals surface area contributed by atoms with Crippen LogP contribution in [0.2, 0.25) is 0 Å². The number of imide groups is 1. The number of likely N-dealkylation sites (N-methyl/N-ethyl adjacent to an activating group) is 1. The third-order valence-electron chi connectivity index (χ3n) is 5.23. The Labute approximate surface area is 184 Å². The maximum Gasteiger partial charge on any atom is 0.387 e. The summed E-state index contributed by atoms with van der Waals surface area (Å²) in [7, 11) is 2.87. The Morgan fingerprint density at radius 3 is 2.12 bits per heavy atom. The van der Waals surface area contributed by atoms with Gasteiger partial charge in [0.15, 0.2) is 11.5 Å². The minimum absolute atomic E-state index is 0.101. The molecule has 0 aliphatic carbocycles. The fourth-order valence-electron chi connectivity index (χ4n) is 3.74. The van der Waals surface area contributed by atoms with Crippen molar-refractivity contribution in [2.24, 2.45) is 5.92 Å². The van der Waals surface area contributed by atoms with E-state index in [4.69, 9.17) is 4.74 Å². The first kappa shape index (κ1) is 23.2. The molecule has 1 heterocycles. The Bertz CT molecular complexity index is 1010. The maximum atomic E-state index is 13.3. The van der Waals surface area contributed by atoms with E-state index in [9.17, 15) is 23.2 Å². The highest BCUT2D eigenvalue weighted by Crippen LogP contribution is 2.31. The number of carbonyl (C=O) groups is 3. The zero-order valence-electron chi connectivity index (χ0n) is 18.2. The summed E-state index contributed by atoms with van der Waals surface area (Å²) in [5.74, 6) is -1.76. The lowest BCUT2D eigenvalue weighted by molar-refractivity contribution is -0.136. The highest BCUT2D eigenvalue weighted by atomic mass is 19.3. The van der Waals surface area contributed by atoms with Crippen LogP contribution in [0.15, 0.2) is 42.5 Å². The van der Waals surface area contributed by atoms with Crippen LogP contribution < -0.4 is 9.47 Å². The summed E-state index contributed by atoms with van der Waals surface area (Å²) in [6.07, 6.45) is 0. The van der Waals surface area contributed by atoms with Gasteiger partial charge in [-0.2, -0.15) is 8.78 Å². The maximum absolute atomic E-state index is 13.3. The van der Waals surface area contributed by atoms with Crippen LogP contribution in [-0.2, 0) is 11.3 Å². The number of hydrogen-bond acceptors (Lipinski definition) is 5. The number of nitrogens with zero attached hydrogens (tertiary/aromatic N) is 2. The highest BCUT2D eigenvalue weighted by molar-refractivity contribution is 6.22. The van der Waals surface area contributed by atoms with Crippen LogP contribution in [0.5, 0.6) is 11.5 Å². The van der Waals surface area contributed by atoms with Crippen molar-refractivity contribution in [3.8, 4) is 11.5 Å². The van der Waals surface area contributed by atoms with Gasteiger partial charge in [-0.15, -0.1) is 0 Å². The van der Waals surface area contributed by atoms with Crippen molar-refractivity contribution >= 4 is 17.7 Å². The molecule has 0 spiro atoms. The van der Waals surface area contributed by atoms with Crippen molar-refractivity contribution in [2.75, 3.05) is 14.2 Å². The lowest BCUT2D eigenvalue weighted by Gasteiger charge is -2.32. The fourth-order valence-corrected chi connectivity index (χ4v) is 3.74. The summed E-state index contributed by atoms with van der Waals surface area (Å²) in [5, 5.41) is 0. The second-order valence-corrected chi connectivity index (χ2v) is 7.77. The van der Waals surface area contributed by atoms with Gasteiger partial charge in [0.25, 0.3) is 11.8 Å². The van der Waals surface area contributed by atoms with Crippen molar-refractivity contribution in [1.82, 2.24) is 9.80 Å². The van der Waals surface area contributed by atoms with Crippen LogP contribution in [0.4, 0.5) is 8.78 Å². The lowest BCUT2D eigenvalue weighted by Crippen LogP contribution is -2.52. The molecule has 1 aliphatic heterocycles. The van der Waals surface area contributed by atoms with Gasteiger partial charge in [-0.3, -0.25) is 19.3 Å². The molecule has 3 rings (SSSR count). The molecule has 9 heteroatoms. The van der Waals surface area contributed by atoms with E-state index in [1.54, 1.807) is 45.2 Å². The summed E-state index contributed by atoms with van der Waals surface area (Å²) < 4.78 is 34.6. The minimum atomic E-state index is -2.99. The number of carbonyl (C=O) groups excluding carboxylic acids is 3. The third kappa shape index (κ3) is 4.42. The van der Waals surface area contributed by atoms with Gasteiger partial charge in [-0.1, -0.05) is 32.0 Å². The van der Waals surface area contributed by atoms with Gasteiger partial charge in [0.1, 0.15) is 6.04 Å². The van der Waals surface area contributed by atoms with Crippen LogP contribution in [0, 0.1) is 5.92 Å². The molecule has 0 fully saturated rings. The molecule has 1 aliphatic rings. The number of alkyl halides is 2. The molecule has 3 amide bonds. The molecule has 7 nitrogen and oxygen atoms in total. The molecular formula is C23H24F2N2O5. The minimum Gasteiger partial charge on any atom is -0.493 e. The van der Waals surface area contributed by atoms with E-state index >= 15 is 0 Å². The van der Waals surface area contributed by atoms with Crippen molar-refractivity contribution in [2.45, 2.75) is 33.0 Å². The zero-order valence-corrected chi connectivity index (χ0v) is 18.2. The Morgan fingerprint density at radius 2 is 1.62 bits per heavy atom. The Morgan fingerprint density at radius 1 is 1.03 bits per heavy atom. The number of fused-ring (bicyclic) bond motifs is 1. The first-order valence-electron chi connectivity index (χ1n) is 9.99. The Balaban J connectivity index is 1.82. The normalized spacial score (nSPS) is 14.1. The lowest BCUT2D eigenvalue weighted by atomic mass is 10.0. The highest BCUT2D eigenvalue weighted by Gasteiger charge is 2.44. The first-order chi connectivity index (χ1) is 15.1. The molecule has 0 saturated heterocycles. The number of halogens is 2. The van der Waals surface area contributed by atoms with Gasteiger partial charge in [0.05, 0.1) is 18.2 Å². The number of ether oxygens (including phenoxy) is 2. The molecule has 170 valence electrons. The van der Waals surface area contributed by atoms with Crippen LogP contribution in [0.3, 0.4) is 0 Å². The van der Waals surface area contributed by atoms with Gasteiger partial charge in [-0.25, -0.2) is 0 Å². The van der Waals surface area contributed by atoms with Crippen molar-refractivity contribution in [3.05, 3.63) is 59.2 Å². The zero-order chi connectivity index (χ0) is 23.6. The van der Waals surface area contributed by atoms with Gasteiger partial charge in [0, 0.05) is 13.6 Å². The smallest absolute Gasteiger partial charge is 0.387 e. The molecule has 32 heavy (non-hydrogen) atoms. The van der Waals surface area contributed by atoms with E-state index in [1.807, 2.05) is 0 Å². The van der Waals surface area contributed by atoms with Gasteiger partial charge < -0.3 is 14.4 Å². The average molecular weight is 446 g/mol. The SMILES string of the molecule is COc1cc(CN(C)C(=O)C(C(C)C)N2C(=O)c3ccccc3C2=O)ccc1OC(F)F. The second kappa shape index (κ2) is 9.33. The average Bonchev–Trinajstić information content (AvgIpc) is 2.99. The summed E-state index contributed by atoms with van der Waals surface area (Å²) in [6.45, 7) is 0.639. The number of hydrogen-bond donors (Lipinski definition) is 0. The third-order valence-corrected chi connectivity index (χ3v) is 5.23. The molecule has 0 radical (unpaired) electrons. The van der Waals surface area contributed by atoms with Gasteiger partial charge >= 0.3 is 6.61 Å². The molecule has 2 aromatic carbocycles. The molecule has 0 saturated carbocycles. The number of amides is 3. The van der Waals surface area contributed by atoms with Crippen molar-refractivity contribution < 1.29 is 32.6 Å². The molecule has 1 unspecified atom stereocenters. The first-order valence-corrected chi connectivity index (χ1v) is 9.99. The Kier molecular flexibility index (Phi) is 6.76. The second-order valence-electron chi connectivity index (χ2n) is 7.77. The monoisotopic (exact) mass is 446 g/mol. The number of benzene rings is 2. The van der Waals surface area contributed by atoms with E-state index < -0.39 is 30.4 Å². The predicted molar refractivity (Wildman–Crippen MR) is 112 cm³/mol. The van der Waals surface area contributed by atoms with E-state index in [2.05, 4.69) is 4.74 Å². The summed E-state index contributed by atoms with van der Waals surface area (Å²) in [6, 6.07) is 9.84. The number of rotatable bonds is 8. The molecule has 0 aromatic heterocycles. The van der Waals surface area contributed by atoms with Crippen LogP contribution >= 0.6 is 0 Å². The molecular weight excluding hydrogens is 422 g/mol. The Hall–Kier alpha value is -3.49. The quantitative estimate of drug-likeness (QED) is 0.580. The molecule has 1 atom stereocenters. The largest absolute Gasteiger partial charge is 0.493 e. The van der Waals surface area contributed by atoms with E-state index in [1.165, 1.54) is 30.2 Å².